The van der Waals surface area contributed by atoms with Gasteiger partial charge in [0.2, 0.25) is 23.6 Å². The van der Waals surface area contributed by atoms with Gasteiger partial charge >= 0.3 is 0 Å². The zero-order chi connectivity index (χ0) is 20.1. The third-order valence-corrected chi connectivity index (χ3v) is 4.06. The van der Waals surface area contributed by atoms with Crippen molar-refractivity contribution >= 4 is 35.0 Å². The van der Waals surface area contributed by atoms with Gasteiger partial charge < -0.3 is 0 Å². The first-order chi connectivity index (χ1) is 12.7. The third kappa shape index (κ3) is 4.88. The Morgan fingerprint density at radius 3 is 1.04 bits per heavy atom. The summed E-state index contributed by atoms with van der Waals surface area (Å²) in [6.07, 6.45) is 0.640. The molecule has 2 aromatic carbocycles. The lowest BCUT2D eigenvalue weighted by Gasteiger charge is -2.18. The number of anilines is 2. The van der Waals surface area contributed by atoms with E-state index in [0.717, 1.165) is 20.9 Å². The number of hydrogen-bond donors (Lipinski definition) is 0. The van der Waals surface area contributed by atoms with Gasteiger partial charge in [0.05, 0.1) is 11.4 Å². The molecule has 0 N–H and O–H groups in total. The normalized spacial score (nSPS) is 10.2. The van der Waals surface area contributed by atoms with Crippen LogP contribution in [0.4, 0.5) is 11.4 Å². The molecule has 0 saturated carbocycles. The van der Waals surface area contributed by atoms with Gasteiger partial charge in [0, 0.05) is 27.7 Å². The van der Waals surface area contributed by atoms with Crippen LogP contribution >= 0.6 is 0 Å². The molecular weight excluding hydrogens is 344 g/mol. The van der Waals surface area contributed by atoms with Crippen LogP contribution in [-0.4, -0.2) is 23.6 Å². The highest BCUT2D eigenvalue weighted by Gasteiger charge is 2.17. The van der Waals surface area contributed by atoms with E-state index in [1.165, 1.54) is 27.7 Å². The molecule has 2 aromatic rings. The van der Waals surface area contributed by atoms with E-state index in [2.05, 4.69) is 0 Å². The highest BCUT2D eigenvalue weighted by Crippen LogP contribution is 2.20. The summed E-state index contributed by atoms with van der Waals surface area (Å²) in [4.78, 5) is 48.6. The van der Waals surface area contributed by atoms with Gasteiger partial charge in [0.25, 0.3) is 0 Å². The quantitative estimate of drug-likeness (QED) is 0.833. The maximum atomic E-state index is 11.6. The molecule has 0 fully saturated rings. The monoisotopic (exact) mass is 366 g/mol. The fourth-order valence-electron chi connectivity index (χ4n) is 2.93. The average Bonchev–Trinajstić information content (AvgIpc) is 2.57. The summed E-state index contributed by atoms with van der Waals surface area (Å²) < 4.78 is 0. The van der Waals surface area contributed by atoms with E-state index in [0.29, 0.717) is 17.8 Å². The molecule has 0 aromatic heterocycles. The van der Waals surface area contributed by atoms with E-state index in [-0.39, 0.29) is 23.6 Å². The SMILES string of the molecule is CC(=O)N(C(C)=O)c1ccc(Cc2ccc(N(C(C)=O)C(C)=O)cc2)cc1. The largest absolute Gasteiger partial charge is 0.274 e. The lowest BCUT2D eigenvalue weighted by molar-refractivity contribution is -0.125. The highest BCUT2D eigenvalue weighted by atomic mass is 16.2. The van der Waals surface area contributed by atoms with Crippen LogP contribution in [0.2, 0.25) is 0 Å². The number of nitrogens with zero attached hydrogens (tertiary/aromatic N) is 2. The second kappa shape index (κ2) is 8.40. The van der Waals surface area contributed by atoms with Gasteiger partial charge in [-0.1, -0.05) is 24.3 Å². The minimum Gasteiger partial charge on any atom is -0.274 e. The van der Waals surface area contributed by atoms with Crippen LogP contribution in [0.5, 0.6) is 0 Å². The maximum absolute atomic E-state index is 11.6. The van der Waals surface area contributed by atoms with Crippen LogP contribution in [0.25, 0.3) is 0 Å². The Morgan fingerprint density at radius 1 is 0.556 bits per heavy atom. The first-order valence-corrected chi connectivity index (χ1v) is 8.51. The second-order valence-corrected chi connectivity index (χ2v) is 6.26. The van der Waals surface area contributed by atoms with Crippen molar-refractivity contribution in [2.45, 2.75) is 34.1 Å². The molecule has 4 amide bonds. The molecule has 0 aliphatic carbocycles. The van der Waals surface area contributed by atoms with Crippen molar-refractivity contribution in [3.05, 3.63) is 59.7 Å². The molecule has 6 heteroatoms. The molecular formula is C21H22N2O4. The van der Waals surface area contributed by atoms with Gasteiger partial charge in [0.1, 0.15) is 0 Å². The molecule has 0 unspecified atom stereocenters. The molecule has 0 radical (unpaired) electrons. The Kier molecular flexibility index (Phi) is 6.23. The standard InChI is InChI=1S/C21H22N2O4/c1-14(24)22(15(2)25)20-9-5-18(6-10-20)13-19-7-11-21(12-8-19)23(16(3)26)17(4)27/h5-12H,13H2,1-4H3. The highest BCUT2D eigenvalue weighted by molar-refractivity contribution is 6.13. The lowest BCUT2D eigenvalue weighted by Crippen LogP contribution is -2.33. The summed E-state index contributed by atoms with van der Waals surface area (Å²) in [7, 11) is 0. The van der Waals surface area contributed by atoms with Crippen LogP contribution in [0, 0.1) is 0 Å². The Morgan fingerprint density at radius 2 is 0.815 bits per heavy atom. The Hall–Kier alpha value is -3.28. The predicted octanol–water partition coefficient (Wildman–Crippen LogP) is 3.08. The number of benzene rings is 2. The first kappa shape index (κ1) is 20.0. The molecule has 6 nitrogen and oxygen atoms in total. The predicted molar refractivity (Wildman–Crippen MR) is 103 cm³/mol. The summed E-state index contributed by atoms with van der Waals surface area (Å²) in [6, 6.07) is 14.4. The lowest BCUT2D eigenvalue weighted by atomic mass is 10.0. The number of imide groups is 2. The molecule has 0 bridgehead atoms. The fraction of sp³-hybridized carbons (Fsp3) is 0.238. The zero-order valence-electron chi connectivity index (χ0n) is 15.9. The molecule has 0 saturated heterocycles. The van der Waals surface area contributed by atoms with Crippen molar-refractivity contribution in [1.82, 2.24) is 0 Å². The maximum Gasteiger partial charge on any atom is 0.230 e. The van der Waals surface area contributed by atoms with Gasteiger partial charge in [-0.2, -0.15) is 0 Å². The third-order valence-electron chi connectivity index (χ3n) is 4.06. The minimum absolute atomic E-state index is 0.327. The van der Waals surface area contributed by atoms with Crippen molar-refractivity contribution < 1.29 is 19.2 Å². The Labute approximate surface area is 158 Å². The van der Waals surface area contributed by atoms with Crippen molar-refractivity contribution in [2.24, 2.45) is 0 Å². The summed E-state index contributed by atoms with van der Waals surface area (Å²) in [6.45, 7) is 5.40. The molecule has 0 heterocycles. The smallest absolute Gasteiger partial charge is 0.230 e. The minimum atomic E-state index is -0.327. The van der Waals surface area contributed by atoms with Gasteiger partial charge in [-0.05, 0) is 41.8 Å². The second-order valence-electron chi connectivity index (χ2n) is 6.26. The van der Waals surface area contributed by atoms with E-state index in [1.54, 1.807) is 24.3 Å². The Balaban J connectivity index is 2.16. The summed E-state index contributed by atoms with van der Waals surface area (Å²) in [5.41, 5.74) is 3.09. The van der Waals surface area contributed by atoms with Gasteiger partial charge in [-0.15, -0.1) is 0 Å². The summed E-state index contributed by atoms with van der Waals surface area (Å²) in [5.74, 6) is -1.31. The molecule has 0 atom stereocenters. The molecule has 2 rings (SSSR count). The summed E-state index contributed by atoms with van der Waals surface area (Å²) >= 11 is 0. The number of hydrogen-bond acceptors (Lipinski definition) is 4. The van der Waals surface area contributed by atoms with E-state index >= 15 is 0 Å². The Bertz CT molecular complexity index is 769. The topological polar surface area (TPSA) is 74.8 Å². The average molecular weight is 366 g/mol. The van der Waals surface area contributed by atoms with Crippen molar-refractivity contribution in [1.29, 1.82) is 0 Å². The van der Waals surface area contributed by atoms with Crippen LogP contribution in [0.15, 0.2) is 48.5 Å². The number of rotatable bonds is 4. The van der Waals surface area contributed by atoms with Crippen molar-refractivity contribution in [3.8, 4) is 0 Å². The van der Waals surface area contributed by atoms with E-state index in [9.17, 15) is 19.2 Å². The van der Waals surface area contributed by atoms with Crippen molar-refractivity contribution in [3.63, 3.8) is 0 Å². The van der Waals surface area contributed by atoms with Gasteiger partial charge in [-0.25, -0.2) is 0 Å². The number of carbonyl (C=O) groups excluding carboxylic acids is 4. The van der Waals surface area contributed by atoms with E-state index < -0.39 is 0 Å². The molecule has 0 aliphatic heterocycles. The van der Waals surface area contributed by atoms with E-state index in [1.807, 2.05) is 24.3 Å². The first-order valence-electron chi connectivity index (χ1n) is 8.51. The van der Waals surface area contributed by atoms with E-state index in [4.69, 9.17) is 0 Å². The van der Waals surface area contributed by atoms with Gasteiger partial charge in [-0.3, -0.25) is 29.0 Å². The molecule has 27 heavy (non-hydrogen) atoms. The van der Waals surface area contributed by atoms with Crippen LogP contribution in [0.3, 0.4) is 0 Å². The van der Waals surface area contributed by atoms with Crippen molar-refractivity contribution in [2.75, 3.05) is 9.80 Å². The van der Waals surface area contributed by atoms with Crippen LogP contribution in [0.1, 0.15) is 38.8 Å². The van der Waals surface area contributed by atoms with Crippen LogP contribution < -0.4 is 9.80 Å². The molecule has 0 aliphatic rings. The fourth-order valence-corrected chi connectivity index (χ4v) is 2.93. The summed E-state index contributed by atoms with van der Waals surface area (Å²) in [5, 5.41) is 0. The number of amides is 4. The zero-order valence-corrected chi connectivity index (χ0v) is 15.9. The number of carbonyl (C=O) groups is 4. The molecule has 140 valence electrons. The van der Waals surface area contributed by atoms with Gasteiger partial charge in [0.15, 0.2) is 0 Å². The molecule has 0 spiro atoms. The van der Waals surface area contributed by atoms with Crippen LogP contribution in [-0.2, 0) is 25.6 Å².